The zero-order valence-corrected chi connectivity index (χ0v) is 12.9. The zero-order chi connectivity index (χ0) is 12.1. The van der Waals surface area contributed by atoms with Crippen LogP contribution in [0.2, 0.25) is 0 Å². The summed E-state index contributed by atoms with van der Waals surface area (Å²) in [5.41, 5.74) is 1.21. The average Bonchev–Trinajstić information content (AvgIpc) is 2.16. The SMILES string of the molecule is CNC(COC(C)C)c1cc(Br)cc(Br)c1. The molecule has 1 rings (SSSR count). The van der Waals surface area contributed by atoms with Crippen molar-refractivity contribution < 1.29 is 4.74 Å². The van der Waals surface area contributed by atoms with Gasteiger partial charge in [-0.15, -0.1) is 0 Å². The van der Waals surface area contributed by atoms with Crippen LogP contribution >= 0.6 is 31.9 Å². The lowest BCUT2D eigenvalue weighted by atomic mass is 10.1. The standard InChI is InChI=1S/C12H17Br2NO/c1-8(2)16-7-12(15-3)9-4-10(13)6-11(14)5-9/h4-6,8,12,15H,7H2,1-3H3. The number of hydrogen-bond donors (Lipinski definition) is 1. The molecule has 1 aromatic rings. The van der Waals surface area contributed by atoms with E-state index in [9.17, 15) is 0 Å². The fraction of sp³-hybridized carbons (Fsp3) is 0.500. The predicted octanol–water partition coefficient (Wildman–Crippen LogP) is 3.90. The van der Waals surface area contributed by atoms with E-state index >= 15 is 0 Å². The van der Waals surface area contributed by atoms with Crippen molar-refractivity contribution in [3.63, 3.8) is 0 Å². The molecular formula is C12H17Br2NO. The molecule has 0 spiro atoms. The Bertz CT molecular complexity index is 322. The van der Waals surface area contributed by atoms with Gasteiger partial charge in [0.05, 0.1) is 18.8 Å². The summed E-state index contributed by atoms with van der Waals surface area (Å²) < 4.78 is 7.78. The van der Waals surface area contributed by atoms with Gasteiger partial charge in [0.2, 0.25) is 0 Å². The van der Waals surface area contributed by atoms with Crippen LogP contribution < -0.4 is 5.32 Å². The molecule has 0 aliphatic carbocycles. The topological polar surface area (TPSA) is 21.3 Å². The molecule has 0 heterocycles. The van der Waals surface area contributed by atoms with Gasteiger partial charge in [-0.25, -0.2) is 0 Å². The van der Waals surface area contributed by atoms with Gasteiger partial charge in [0.25, 0.3) is 0 Å². The van der Waals surface area contributed by atoms with E-state index in [0.717, 1.165) is 8.95 Å². The van der Waals surface area contributed by atoms with Crippen molar-refractivity contribution >= 4 is 31.9 Å². The number of likely N-dealkylation sites (N-methyl/N-ethyl adjacent to an activating group) is 1. The van der Waals surface area contributed by atoms with Gasteiger partial charge in [0, 0.05) is 8.95 Å². The van der Waals surface area contributed by atoms with Crippen LogP contribution in [0, 0.1) is 0 Å². The number of benzene rings is 1. The normalized spacial score (nSPS) is 13.1. The molecular weight excluding hydrogens is 334 g/mol. The van der Waals surface area contributed by atoms with Gasteiger partial charge in [-0.05, 0) is 44.7 Å². The number of hydrogen-bond acceptors (Lipinski definition) is 2. The van der Waals surface area contributed by atoms with Crippen LogP contribution in [0.25, 0.3) is 0 Å². The molecule has 0 amide bonds. The molecule has 90 valence electrons. The molecule has 1 aromatic carbocycles. The minimum atomic E-state index is 0.219. The summed E-state index contributed by atoms with van der Waals surface area (Å²) in [5, 5.41) is 3.26. The third-order valence-corrected chi connectivity index (χ3v) is 3.15. The summed E-state index contributed by atoms with van der Waals surface area (Å²) in [6.07, 6.45) is 0.256. The Morgan fingerprint density at radius 3 is 2.19 bits per heavy atom. The molecule has 0 fully saturated rings. The molecule has 0 aliphatic heterocycles. The predicted molar refractivity (Wildman–Crippen MR) is 74.7 cm³/mol. The lowest BCUT2D eigenvalue weighted by Gasteiger charge is -2.19. The smallest absolute Gasteiger partial charge is 0.0664 e. The molecule has 1 N–H and O–H groups in total. The van der Waals surface area contributed by atoms with Crippen molar-refractivity contribution in [3.05, 3.63) is 32.7 Å². The first-order valence-corrected chi connectivity index (χ1v) is 6.86. The van der Waals surface area contributed by atoms with E-state index in [-0.39, 0.29) is 12.1 Å². The molecule has 0 saturated carbocycles. The maximum Gasteiger partial charge on any atom is 0.0664 e. The Kier molecular flexibility index (Phi) is 5.97. The van der Waals surface area contributed by atoms with Crippen LogP contribution in [0.4, 0.5) is 0 Å². The second-order valence-corrected chi connectivity index (χ2v) is 5.76. The van der Waals surface area contributed by atoms with Crippen molar-refractivity contribution in [1.82, 2.24) is 5.32 Å². The van der Waals surface area contributed by atoms with Gasteiger partial charge < -0.3 is 10.1 Å². The summed E-state index contributed by atoms with van der Waals surface area (Å²) in [5.74, 6) is 0. The quantitative estimate of drug-likeness (QED) is 0.869. The van der Waals surface area contributed by atoms with Crippen LogP contribution in [-0.2, 0) is 4.74 Å². The molecule has 4 heteroatoms. The van der Waals surface area contributed by atoms with Gasteiger partial charge >= 0.3 is 0 Å². The molecule has 0 radical (unpaired) electrons. The highest BCUT2D eigenvalue weighted by atomic mass is 79.9. The van der Waals surface area contributed by atoms with Gasteiger partial charge in [-0.1, -0.05) is 31.9 Å². The molecule has 0 aromatic heterocycles. The van der Waals surface area contributed by atoms with E-state index in [2.05, 4.69) is 49.3 Å². The Balaban J connectivity index is 2.78. The Morgan fingerprint density at radius 1 is 1.19 bits per heavy atom. The highest BCUT2D eigenvalue weighted by molar-refractivity contribution is 9.11. The minimum absolute atomic E-state index is 0.219. The van der Waals surface area contributed by atoms with Crippen LogP contribution in [0.5, 0.6) is 0 Å². The number of rotatable bonds is 5. The molecule has 1 atom stereocenters. The summed E-state index contributed by atoms with van der Waals surface area (Å²) in [4.78, 5) is 0. The fourth-order valence-electron chi connectivity index (χ4n) is 1.41. The van der Waals surface area contributed by atoms with Gasteiger partial charge in [-0.3, -0.25) is 0 Å². The summed E-state index contributed by atoms with van der Waals surface area (Å²) in [7, 11) is 1.95. The first kappa shape index (κ1) is 14.2. The fourth-order valence-corrected chi connectivity index (χ4v) is 2.74. The maximum absolute atomic E-state index is 5.64. The van der Waals surface area contributed by atoms with E-state index in [0.29, 0.717) is 6.61 Å². The zero-order valence-electron chi connectivity index (χ0n) is 9.76. The van der Waals surface area contributed by atoms with E-state index in [1.165, 1.54) is 5.56 Å². The summed E-state index contributed by atoms with van der Waals surface area (Å²) in [6, 6.07) is 6.46. The number of halogens is 2. The molecule has 1 unspecified atom stereocenters. The van der Waals surface area contributed by atoms with E-state index < -0.39 is 0 Å². The van der Waals surface area contributed by atoms with Crippen molar-refractivity contribution in [2.45, 2.75) is 26.0 Å². The van der Waals surface area contributed by atoms with Crippen LogP contribution in [0.1, 0.15) is 25.5 Å². The molecule has 0 saturated heterocycles. The van der Waals surface area contributed by atoms with Crippen LogP contribution in [0.15, 0.2) is 27.1 Å². The second-order valence-electron chi connectivity index (χ2n) is 3.93. The Labute approximate surface area is 114 Å². The molecule has 16 heavy (non-hydrogen) atoms. The molecule has 2 nitrogen and oxygen atoms in total. The lowest BCUT2D eigenvalue weighted by Crippen LogP contribution is -2.23. The average molecular weight is 351 g/mol. The Hall–Kier alpha value is 0.1000. The highest BCUT2D eigenvalue weighted by Crippen LogP contribution is 2.24. The van der Waals surface area contributed by atoms with Crippen molar-refractivity contribution in [3.8, 4) is 0 Å². The lowest BCUT2D eigenvalue weighted by molar-refractivity contribution is 0.0626. The van der Waals surface area contributed by atoms with Gasteiger partial charge in [0.15, 0.2) is 0 Å². The van der Waals surface area contributed by atoms with Crippen molar-refractivity contribution in [1.29, 1.82) is 0 Å². The highest BCUT2D eigenvalue weighted by Gasteiger charge is 2.11. The largest absolute Gasteiger partial charge is 0.377 e. The van der Waals surface area contributed by atoms with Gasteiger partial charge in [0.1, 0.15) is 0 Å². The van der Waals surface area contributed by atoms with Crippen LogP contribution in [0.3, 0.4) is 0 Å². The first-order chi connectivity index (χ1) is 7.52. The maximum atomic E-state index is 5.64. The molecule has 0 bridgehead atoms. The van der Waals surface area contributed by atoms with Gasteiger partial charge in [-0.2, -0.15) is 0 Å². The first-order valence-electron chi connectivity index (χ1n) is 5.27. The second kappa shape index (κ2) is 6.74. The third kappa shape index (κ3) is 4.53. The number of nitrogens with one attached hydrogen (secondary N) is 1. The summed E-state index contributed by atoms with van der Waals surface area (Å²) >= 11 is 6.98. The third-order valence-electron chi connectivity index (χ3n) is 2.23. The van der Waals surface area contributed by atoms with E-state index in [1.54, 1.807) is 0 Å². The Morgan fingerprint density at radius 2 is 1.75 bits per heavy atom. The monoisotopic (exact) mass is 349 g/mol. The van der Waals surface area contributed by atoms with E-state index in [1.807, 2.05) is 27.0 Å². The number of ether oxygens (including phenoxy) is 1. The minimum Gasteiger partial charge on any atom is -0.377 e. The van der Waals surface area contributed by atoms with Crippen LogP contribution in [-0.4, -0.2) is 19.8 Å². The van der Waals surface area contributed by atoms with E-state index in [4.69, 9.17) is 4.74 Å². The molecule has 0 aliphatic rings. The summed E-state index contributed by atoms with van der Waals surface area (Å²) in [6.45, 7) is 4.77. The van der Waals surface area contributed by atoms with Crippen molar-refractivity contribution in [2.75, 3.05) is 13.7 Å². The van der Waals surface area contributed by atoms with Crippen molar-refractivity contribution in [2.24, 2.45) is 0 Å².